The van der Waals surface area contributed by atoms with Gasteiger partial charge in [0.1, 0.15) is 6.07 Å². The zero-order valence-corrected chi connectivity index (χ0v) is 10.0. The number of rotatable bonds is 1. The highest BCUT2D eigenvalue weighted by Gasteiger charge is 2.30. The van der Waals surface area contributed by atoms with Crippen LogP contribution in [-0.4, -0.2) is 19.0 Å². The molecule has 1 aliphatic rings. The number of nitrogens with one attached hydrogen (secondary N) is 1. The monoisotopic (exact) mass is 262 g/mol. The summed E-state index contributed by atoms with van der Waals surface area (Å²) in [6.45, 7) is 0. The maximum atomic E-state index is 11.8. The molecule has 1 heterocycles. The van der Waals surface area contributed by atoms with E-state index < -0.39 is 11.9 Å². The second kappa shape index (κ2) is 4.51. The van der Waals surface area contributed by atoms with Gasteiger partial charge in [0.05, 0.1) is 18.4 Å². The molecule has 1 aromatic carbocycles. The molecule has 1 amide bonds. The van der Waals surface area contributed by atoms with Crippen LogP contribution in [0.15, 0.2) is 23.8 Å². The van der Waals surface area contributed by atoms with Gasteiger partial charge in [0.25, 0.3) is 5.91 Å². The molecule has 0 aliphatic carbocycles. The van der Waals surface area contributed by atoms with Gasteiger partial charge in [-0.05, 0) is 12.1 Å². The van der Waals surface area contributed by atoms with Crippen molar-refractivity contribution in [1.29, 1.82) is 5.26 Å². The number of halogens is 1. The molecule has 90 valence electrons. The Morgan fingerprint density at radius 3 is 2.83 bits per heavy atom. The fourth-order valence-corrected chi connectivity index (χ4v) is 1.87. The number of anilines is 1. The first-order valence-electron chi connectivity index (χ1n) is 4.92. The Kier molecular flexibility index (Phi) is 3.04. The molecule has 1 N–H and O–H groups in total. The van der Waals surface area contributed by atoms with Crippen LogP contribution in [0.3, 0.4) is 0 Å². The van der Waals surface area contributed by atoms with Crippen LogP contribution in [0.2, 0.25) is 5.02 Å². The lowest BCUT2D eigenvalue weighted by Crippen LogP contribution is -2.11. The number of hydrogen-bond donors (Lipinski definition) is 1. The number of nitriles is 1. The molecule has 1 aliphatic heterocycles. The lowest BCUT2D eigenvalue weighted by Gasteiger charge is -2.01. The van der Waals surface area contributed by atoms with Crippen molar-refractivity contribution in [3.8, 4) is 6.07 Å². The number of methoxy groups -OCH3 is 1. The van der Waals surface area contributed by atoms with Crippen LogP contribution in [0, 0.1) is 11.3 Å². The number of ether oxygens (including phenoxy) is 1. The summed E-state index contributed by atoms with van der Waals surface area (Å²) in [6.07, 6.45) is 0. The van der Waals surface area contributed by atoms with Crippen LogP contribution in [0.25, 0.3) is 5.57 Å². The normalized spacial score (nSPS) is 15.5. The van der Waals surface area contributed by atoms with E-state index in [0.717, 1.165) is 7.11 Å². The van der Waals surface area contributed by atoms with E-state index in [2.05, 4.69) is 10.1 Å². The zero-order chi connectivity index (χ0) is 13.3. The van der Waals surface area contributed by atoms with E-state index >= 15 is 0 Å². The fraction of sp³-hybridized carbons (Fsp3) is 0.0833. The number of esters is 1. The van der Waals surface area contributed by atoms with Gasteiger partial charge in [-0.2, -0.15) is 5.26 Å². The summed E-state index contributed by atoms with van der Waals surface area (Å²) in [5, 5.41) is 12.0. The molecule has 0 bridgehead atoms. The quantitative estimate of drug-likeness (QED) is 0.475. The van der Waals surface area contributed by atoms with E-state index in [-0.39, 0.29) is 11.1 Å². The number of nitrogens with zero attached hydrogens (tertiary/aromatic N) is 1. The van der Waals surface area contributed by atoms with Crippen molar-refractivity contribution in [2.75, 3.05) is 12.4 Å². The van der Waals surface area contributed by atoms with Crippen LogP contribution >= 0.6 is 11.6 Å². The Hall–Kier alpha value is -2.32. The topological polar surface area (TPSA) is 79.2 Å². The number of benzene rings is 1. The second-order valence-corrected chi connectivity index (χ2v) is 3.93. The van der Waals surface area contributed by atoms with Crippen LogP contribution in [0.5, 0.6) is 0 Å². The Bertz CT molecular complexity index is 629. The summed E-state index contributed by atoms with van der Waals surface area (Å²) in [7, 11) is 1.15. The standard InChI is InChI=1S/C12H7ClN2O3/c1-18-12(17)8(5-14)10-7-3-2-6(13)4-9(7)15-11(10)16/h2-4H,1H3,(H,15,16). The van der Waals surface area contributed by atoms with Crippen LogP contribution < -0.4 is 5.32 Å². The van der Waals surface area contributed by atoms with Crippen molar-refractivity contribution in [2.45, 2.75) is 0 Å². The van der Waals surface area contributed by atoms with Gasteiger partial charge in [0, 0.05) is 10.6 Å². The maximum Gasteiger partial charge on any atom is 0.349 e. The highest BCUT2D eigenvalue weighted by atomic mass is 35.5. The summed E-state index contributed by atoms with van der Waals surface area (Å²) in [5.74, 6) is -1.36. The molecule has 0 aromatic heterocycles. The summed E-state index contributed by atoms with van der Waals surface area (Å²) >= 11 is 5.80. The smallest absolute Gasteiger partial charge is 0.349 e. The lowest BCUT2D eigenvalue weighted by atomic mass is 10.0. The SMILES string of the molecule is COC(=O)C(C#N)=C1C(=O)Nc2cc(Cl)ccc21. The predicted octanol–water partition coefficient (Wildman–Crippen LogP) is 1.74. The third kappa shape index (κ3) is 1.83. The van der Waals surface area contributed by atoms with Gasteiger partial charge >= 0.3 is 5.97 Å². The molecule has 6 heteroatoms. The van der Waals surface area contributed by atoms with Crippen molar-refractivity contribution in [3.05, 3.63) is 34.4 Å². The van der Waals surface area contributed by atoms with Gasteiger partial charge in [0.15, 0.2) is 5.57 Å². The summed E-state index contributed by atoms with van der Waals surface area (Å²) in [5.41, 5.74) is 0.623. The Balaban J connectivity index is 2.67. The Morgan fingerprint density at radius 2 is 2.22 bits per heavy atom. The van der Waals surface area contributed by atoms with Gasteiger partial charge in [-0.1, -0.05) is 17.7 Å². The third-order valence-electron chi connectivity index (χ3n) is 2.48. The minimum atomic E-state index is -0.842. The van der Waals surface area contributed by atoms with Gasteiger partial charge in [-0.25, -0.2) is 4.79 Å². The van der Waals surface area contributed by atoms with Crippen molar-refractivity contribution in [3.63, 3.8) is 0 Å². The number of carbonyl (C=O) groups excluding carboxylic acids is 2. The first-order valence-corrected chi connectivity index (χ1v) is 5.30. The fourth-order valence-electron chi connectivity index (χ4n) is 1.70. The van der Waals surface area contributed by atoms with Crippen LogP contribution in [0.4, 0.5) is 5.69 Å². The summed E-state index contributed by atoms with van der Waals surface area (Å²) in [6, 6.07) is 6.39. The number of hydrogen-bond acceptors (Lipinski definition) is 4. The van der Waals surface area contributed by atoms with Crippen molar-refractivity contribution in [2.24, 2.45) is 0 Å². The van der Waals surface area contributed by atoms with E-state index in [4.69, 9.17) is 16.9 Å². The minimum Gasteiger partial charge on any atom is -0.465 e. The molecule has 0 radical (unpaired) electrons. The van der Waals surface area contributed by atoms with Crippen molar-refractivity contribution < 1.29 is 14.3 Å². The zero-order valence-electron chi connectivity index (χ0n) is 9.28. The van der Waals surface area contributed by atoms with Crippen LogP contribution in [-0.2, 0) is 14.3 Å². The minimum absolute atomic E-state index is 0.0102. The average molecular weight is 263 g/mol. The number of fused-ring (bicyclic) bond motifs is 1. The number of amides is 1. The largest absolute Gasteiger partial charge is 0.465 e. The Morgan fingerprint density at radius 1 is 1.50 bits per heavy atom. The van der Waals surface area contributed by atoms with Gasteiger partial charge < -0.3 is 10.1 Å². The molecule has 0 saturated carbocycles. The van der Waals surface area contributed by atoms with Crippen molar-refractivity contribution >= 4 is 34.7 Å². The highest BCUT2D eigenvalue weighted by Crippen LogP contribution is 2.35. The lowest BCUT2D eigenvalue weighted by molar-refractivity contribution is -0.135. The molecular formula is C12H7ClN2O3. The predicted molar refractivity (Wildman–Crippen MR) is 64.6 cm³/mol. The molecule has 0 fully saturated rings. The Labute approximate surface area is 108 Å². The highest BCUT2D eigenvalue weighted by molar-refractivity contribution is 6.37. The van der Waals surface area contributed by atoms with Gasteiger partial charge in [0.2, 0.25) is 0 Å². The van der Waals surface area contributed by atoms with Crippen molar-refractivity contribution in [1.82, 2.24) is 0 Å². The number of carbonyl (C=O) groups is 2. The van der Waals surface area contributed by atoms with Gasteiger partial charge in [-0.3, -0.25) is 4.79 Å². The van der Waals surface area contributed by atoms with E-state index in [1.807, 2.05) is 0 Å². The van der Waals surface area contributed by atoms with Gasteiger partial charge in [-0.15, -0.1) is 0 Å². The molecule has 0 atom stereocenters. The first kappa shape index (κ1) is 12.1. The molecule has 18 heavy (non-hydrogen) atoms. The van der Waals surface area contributed by atoms with E-state index in [9.17, 15) is 9.59 Å². The molecule has 0 spiro atoms. The average Bonchev–Trinajstić information content (AvgIpc) is 2.66. The van der Waals surface area contributed by atoms with E-state index in [0.29, 0.717) is 16.3 Å². The molecule has 1 aromatic rings. The summed E-state index contributed by atoms with van der Waals surface area (Å²) < 4.78 is 4.48. The molecular weight excluding hydrogens is 256 g/mol. The molecule has 5 nitrogen and oxygen atoms in total. The molecule has 0 unspecified atom stereocenters. The first-order chi connectivity index (χ1) is 8.58. The van der Waals surface area contributed by atoms with Crippen LogP contribution in [0.1, 0.15) is 5.56 Å². The molecule has 0 saturated heterocycles. The van der Waals surface area contributed by atoms with E-state index in [1.165, 1.54) is 0 Å². The second-order valence-electron chi connectivity index (χ2n) is 3.50. The van der Waals surface area contributed by atoms with E-state index in [1.54, 1.807) is 24.3 Å². The summed E-state index contributed by atoms with van der Waals surface area (Å²) in [4.78, 5) is 23.2. The third-order valence-corrected chi connectivity index (χ3v) is 2.71. The molecule has 2 rings (SSSR count). The maximum absolute atomic E-state index is 11.8.